The van der Waals surface area contributed by atoms with Crippen molar-refractivity contribution in [2.75, 3.05) is 26.8 Å². The summed E-state index contributed by atoms with van der Waals surface area (Å²) in [5, 5.41) is 18.4. The van der Waals surface area contributed by atoms with Crippen LogP contribution in [0.2, 0.25) is 0 Å². The third-order valence-electron chi connectivity index (χ3n) is 6.51. The lowest BCUT2D eigenvalue weighted by atomic mass is 9.95. The molecule has 0 aromatic carbocycles. The van der Waals surface area contributed by atoms with E-state index >= 15 is 0 Å². The predicted octanol–water partition coefficient (Wildman–Crippen LogP) is 3.67. The van der Waals surface area contributed by atoms with Gasteiger partial charge < -0.3 is 14.2 Å². The minimum absolute atomic E-state index is 0.168. The first-order chi connectivity index (χ1) is 15.9. The summed E-state index contributed by atoms with van der Waals surface area (Å²) in [5.41, 5.74) is 3.99. The normalized spacial score (nSPS) is 16.2. The SMILES string of the molecule is COCC(C)n1c(C)cc(/C=C(/C#N)C(=O)N2CCC(c3nnc4ccccn34)CC2)c1C. The van der Waals surface area contributed by atoms with Gasteiger partial charge in [-0.25, -0.2) is 0 Å². The van der Waals surface area contributed by atoms with E-state index in [4.69, 9.17) is 4.74 Å². The van der Waals surface area contributed by atoms with Crippen LogP contribution in [0.5, 0.6) is 0 Å². The van der Waals surface area contributed by atoms with E-state index in [1.165, 1.54) is 0 Å². The lowest BCUT2D eigenvalue weighted by Gasteiger charge is -2.31. The number of rotatable bonds is 6. The molecule has 3 aromatic rings. The smallest absolute Gasteiger partial charge is 0.264 e. The number of pyridine rings is 1. The van der Waals surface area contributed by atoms with Crippen molar-refractivity contribution in [2.24, 2.45) is 0 Å². The molecular weight excluding hydrogens is 416 g/mol. The van der Waals surface area contributed by atoms with Crippen molar-refractivity contribution < 1.29 is 9.53 Å². The summed E-state index contributed by atoms with van der Waals surface area (Å²) in [6.07, 6.45) is 5.29. The molecule has 0 radical (unpaired) electrons. The quantitative estimate of drug-likeness (QED) is 0.426. The maximum absolute atomic E-state index is 13.2. The molecule has 0 N–H and O–H groups in total. The number of aromatic nitrogens is 4. The number of amides is 1. The van der Waals surface area contributed by atoms with Crippen molar-refractivity contribution in [1.29, 1.82) is 5.26 Å². The van der Waals surface area contributed by atoms with Crippen molar-refractivity contribution in [2.45, 2.75) is 45.6 Å². The lowest BCUT2D eigenvalue weighted by Crippen LogP contribution is -2.38. The summed E-state index contributed by atoms with van der Waals surface area (Å²) < 4.78 is 9.50. The number of nitrogens with zero attached hydrogens (tertiary/aromatic N) is 6. The molecule has 0 saturated carbocycles. The van der Waals surface area contributed by atoms with Gasteiger partial charge in [0.2, 0.25) is 0 Å². The fraction of sp³-hybridized carbons (Fsp3) is 0.440. The molecule has 172 valence electrons. The Bertz CT molecular complexity index is 1220. The number of carbonyl (C=O) groups is 1. The van der Waals surface area contributed by atoms with Gasteiger partial charge in [0, 0.05) is 43.7 Å². The Hall–Kier alpha value is -3.44. The minimum atomic E-state index is -0.211. The molecule has 3 aromatic heterocycles. The Balaban J connectivity index is 1.48. The molecule has 1 saturated heterocycles. The average molecular weight is 447 g/mol. The number of hydrogen-bond donors (Lipinski definition) is 0. The molecule has 4 heterocycles. The van der Waals surface area contributed by atoms with Gasteiger partial charge >= 0.3 is 0 Å². The molecule has 1 atom stereocenters. The first-order valence-electron chi connectivity index (χ1n) is 11.3. The summed E-state index contributed by atoms with van der Waals surface area (Å²) in [7, 11) is 1.69. The second-order valence-corrected chi connectivity index (χ2v) is 8.72. The van der Waals surface area contributed by atoms with E-state index in [1.54, 1.807) is 18.1 Å². The second kappa shape index (κ2) is 9.59. The molecule has 0 bridgehead atoms. The van der Waals surface area contributed by atoms with Crippen LogP contribution < -0.4 is 0 Å². The van der Waals surface area contributed by atoms with Crippen molar-refractivity contribution >= 4 is 17.6 Å². The van der Waals surface area contributed by atoms with Gasteiger partial charge in [0.25, 0.3) is 5.91 Å². The number of methoxy groups -OCH3 is 1. The molecule has 1 aliphatic rings. The predicted molar refractivity (Wildman–Crippen MR) is 126 cm³/mol. The Morgan fingerprint density at radius 1 is 1.30 bits per heavy atom. The van der Waals surface area contributed by atoms with E-state index in [2.05, 4.69) is 27.8 Å². The van der Waals surface area contributed by atoms with E-state index in [0.717, 1.165) is 41.3 Å². The zero-order valence-corrected chi connectivity index (χ0v) is 19.7. The number of hydrogen-bond acceptors (Lipinski definition) is 5. The number of likely N-dealkylation sites (tertiary alicyclic amines) is 1. The molecule has 0 aliphatic carbocycles. The molecule has 1 aliphatic heterocycles. The number of piperidine rings is 1. The van der Waals surface area contributed by atoms with E-state index in [9.17, 15) is 10.1 Å². The van der Waals surface area contributed by atoms with Gasteiger partial charge in [-0.1, -0.05) is 6.07 Å². The molecule has 4 rings (SSSR count). The Morgan fingerprint density at radius 3 is 2.76 bits per heavy atom. The van der Waals surface area contributed by atoms with Crippen LogP contribution in [0.15, 0.2) is 36.0 Å². The molecular formula is C25H30N6O2. The number of aryl methyl sites for hydroxylation is 1. The van der Waals surface area contributed by atoms with Gasteiger partial charge in [-0.2, -0.15) is 5.26 Å². The number of carbonyl (C=O) groups excluding carboxylic acids is 1. The van der Waals surface area contributed by atoms with Gasteiger partial charge in [-0.05, 0) is 63.5 Å². The summed E-state index contributed by atoms with van der Waals surface area (Å²) in [4.78, 5) is 14.9. The monoisotopic (exact) mass is 446 g/mol. The lowest BCUT2D eigenvalue weighted by molar-refractivity contribution is -0.127. The van der Waals surface area contributed by atoms with Gasteiger partial charge in [0.15, 0.2) is 5.65 Å². The van der Waals surface area contributed by atoms with Crippen LogP contribution in [0.4, 0.5) is 0 Å². The largest absolute Gasteiger partial charge is 0.383 e. The molecule has 1 amide bonds. The molecule has 0 spiro atoms. The molecule has 33 heavy (non-hydrogen) atoms. The van der Waals surface area contributed by atoms with Gasteiger partial charge in [-0.3, -0.25) is 9.20 Å². The first kappa shape index (κ1) is 22.7. The Labute approximate surface area is 194 Å². The number of ether oxygens (including phenoxy) is 1. The highest BCUT2D eigenvalue weighted by Crippen LogP contribution is 2.28. The van der Waals surface area contributed by atoms with E-state index in [1.807, 2.05) is 48.7 Å². The fourth-order valence-electron chi connectivity index (χ4n) is 4.89. The highest BCUT2D eigenvalue weighted by Gasteiger charge is 2.28. The second-order valence-electron chi connectivity index (χ2n) is 8.72. The Morgan fingerprint density at radius 2 is 2.06 bits per heavy atom. The maximum atomic E-state index is 13.2. The topological polar surface area (TPSA) is 88.5 Å². The third kappa shape index (κ3) is 4.41. The zero-order valence-electron chi connectivity index (χ0n) is 19.7. The summed E-state index contributed by atoms with van der Waals surface area (Å²) in [6.45, 7) is 7.92. The van der Waals surface area contributed by atoms with Crippen LogP contribution in [0.1, 0.15) is 54.5 Å². The van der Waals surface area contributed by atoms with E-state index < -0.39 is 0 Å². The third-order valence-corrected chi connectivity index (χ3v) is 6.51. The van der Waals surface area contributed by atoms with Crippen LogP contribution in [0, 0.1) is 25.2 Å². The summed E-state index contributed by atoms with van der Waals surface area (Å²) in [5.74, 6) is 0.963. The number of fused-ring (bicyclic) bond motifs is 1. The van der Waals surface area contributed by atoms with Crippen molar-refractivity contribution in [3.63, 3.8) is 0 Å². The van der Waals surface area contributed by atoms with Gasteiger partial charge in [0.05, 0.1) is 12.6 Å². The fourth-order valence-corrected chi connectivity index (χ4v) is 4.89. The van der Waals surface area contributed by atoms with Crippen LogP contribution >= 0.6 is 0 Å². The molecule has 1 unspecified atom stereocenters. The minimum Gasteiger partial charge on any atom is -0.383 e. The van der Waals surface area contributed by atoms with E-state index in [-0.39, 0.29) is 23.4 Å². The molecule has 8 nitrogen and oxygen atoms in total. The summed E-state index contributed by atoms with van der Waals surface area (Å²) in [6, 6.07) is 10.2. The maximum Gasteiger partial charge on any atom is 0.264 e. The highest BCUT2D eigenvalue weighted by molar-refractivity contribution is 6.01. The standard InChI is InChI=1S/C25H30N6O2/c1-17-13-21(19(3)31(17)18(2)16-33-4)14-22(15-26)25(32)29-11-8-20(9-12-29)24-28-27-23-7-5-6-10-30(23)24/h5-7,10,13-14,18,20H,8-9,11-12,16H2,1-4H3/b22-14-. The molecule has 1 fully saturated rings. The highest BCUT2D eigenvalue weighted by atomic mass is 16.5. The van der Waals surface area contributed by atoms with Crippen LogP contribution in [-0.2, 0) is 9.53 Å². The molecule has 8 heteroatoms. The van der Waals surface area contributed by atoms with Gasteiger partial charge in [-0.15, -0.1) is 10.2 Å². The Kier molecular flexibility index (Phi) is 6.61. The van der Waals surface area contributed by atoms with Crippen molar-refractivity contribution in [3.05, 3.63) is 58.8 Å². The average Bonchev–Trinajstić information content (AvgIpc) is 3.37. The zero-order chi connectivity index (χ0) is 23.5. The van der Waals surface area contributed by atoms with Crippen molar-refractivity contribution in [3.8, 4) is 6.07 Å². The number of nitriles is 1. The van der Waals surface area contributed by atoms with Crippen LogP contribution in [0.3, 0.4) is 0 Å². The van der Waals surface area contributed by atoms with Crippen LogP contribution in [-0.4, -0.2) is 56.8 Å². The summed E-state index contributed by atoms with van der Waals surface area (Å²) >= 11 is 0. The van der Waals surface area contributed by atoms with Crippen molar-refractivity contribution in [1.82, 2.24) is 24.1 Å². The van der Waals surface area contributed by atoms with Gasteiger partial charge in [0.1, 0.15) is 17.5 Å². The van der Waals surface area contributed by atoms with E-state index in [0.29, 0.717) is 19.7 Å². The van der Waals surface area contributed by atoms with Crippen LogP contribution in [0.25, 0.3) is 11.7 Å². The first-order valence-corrected chi connectivity index (χ1v) is 11.3.